The van der Waals surface area contributed by atoms with Gasteiger partial charge in [0, 0.05) is 31.6 Å². The molecule has 1 aliphatic rings. The van der Waals surface area contributed by atoms with E-state index in [4.69, 9.17) is 4.74 Å². The number of alkyl halides is 2. The van der Waals surface area contributed by atoms with Gasteiger partial charge in [0.2, 0.25) is 5.91 Å². The molecule has 1 heterocycles. The van der Waals surface area contributed by atoms with Gasteiger partial charge >= 0.3 is 6.61 Å². The van der Waals surface area contributed by atoms with Gasteiger partial charge in [0.15, 0.2) is 0 Å². The number of carbonyl (C=O) groups is 1. The third-order valence-electron chi connectivity index (χ3n) is 4.84. The number of rotatable bonds is 7. The number of methoxy groups -OCH3 is 1. The van der Waals surface area contributed by atoms with E-state index in [9.17, 15) is 13.6 Å². The molecule has 2 aromatic rings. The van der Waals surface area contributed by atoms with Crippen LogP contribution in [0.3, 0.4) is 0 Å². The minimum atomic E-state index is -2.84. The minimum absolute atomic E-state index is 0. The van der Waals surface area contributed by atoms with Crippen molar-refractivity contribution in [1.82, 2.24) is 10.2 Å². The Morgan fingerprint density at radius 1 is 1.21 bits per heavy atom. The molecule has 29 heavy (non-hydrogen) atoms. The molecule has 1 N–H and O–H groups in total. The van der Waals surface area contributed by atoms with Gasteiger partial charge in [-0.2, -0.15) is 8.78 Å². The second-order valence-electron chi connectivity index (χ2n) is 6.57. The van der Waals surface area contributed by atoms with Gasteiger partial charge in [0.25, 0.3) is 0 Å². The lowest BCUT2D eigenvalue weighted by atomic mass is 10.0. The van der Waals surface area contributed by atoms with Crippen molar-refractivity contribution in [3.63, 3.8) is 0 Å². The van der Waals surface area contributed by atoms with E-state index < -0.39 is 6.61 Å². The fourth-order valence-electron chi connectivity index (χ4n) is 3.45. The van der Waals surface area contributed by atoms with Crippen LogP contribution in [-0.4, -0.2) is 44.2 Å². The molecule has 1 atom stereocenters. The molecule has 1 amide bonds. The van der Waals surface area contributed by atoms with Gasteiger partial charge in [0.05, 0.1) is 13.2 Å². The van der Waals surface area contributed by atoms with Crippen LogP contribution < -0.4 is 14.8 Å². The first kappa shape index (κ1) is 22.9. The Morgan fingerprint density at radius 3 is 2.62 bits per heavy atom. The summed E-state index contributed by atoms with van der Waals surface area (Å²) in [6.07, 6.45) is 0.886. The number of nitrogens with one attached hydrogen (secondary N) is 1. The number of carbonyl (C=O) groups excluding carboxylic acids is 1. The topological polar surface area (TPSA) is 50.8 Å². The number of hydrogen-bond donors (Lipinski definition) is 1. The molecule has 0 aromatic heterocycles. The Balaban J connectivity index is 0.00000300. The van der Waals surface area contributed by atoms with Crippen molar-refractivity contribution in [2.45, 2.75) is 25.5 Å². The van der Waals surface area contributed by atoms with E-state index in [2.05, 4.69) is 10.1 Å². The predicted octanol–water partition coefficient (Wildman–Crippen LogP) is 3.82. The molecular formula is C21H25ClF2N2O3. The van der Waals surface area contributed by atoms with E-state index in [0.717, 1.165) is 23.4 Å². The van der Waals surface area contributed by atoms with Gasteiger partial charge in [-0.3, -0.25) is 4.79 Å². The first-order chi connectivity index (χ1) is 13.6. The predicted molar refractivity (Wildman–Crippen MR) is 109 cm³/mol. The average Bonchev–Trinajstić information content (AvgIpc) is 2.72. The van der Waals surface area contributed by atoms with E-state index in [1.807, 2.05) is 29.2 Å². The molecule has 5 nitrogen and oxygen atoms in total. The Kier molecular flexibility index (Phi) is 8.67. The van der Waals surface area contributed by atoms with Gasteiger partial charge in [-0.1, -0.05) is 30.3 Å². The largest absolute Gasteiger partial charge is 0.496 e. The highest BCUT2D eigenvalue weighted by atomic mass is 35.5. The first-order valence-corrected chi connectivity index (χ1v) is 9.25. The van der Waals surface area contributed by atoms with Gasteiger partial charge in [-0.15, -0.1) is 12.4 Å². The maximum atomic E-state index is 12.9. The van der Waals surface area contributed by atoms with E-state index in [1.165, 1.54) is 12.1 Å². The van der Waals surface area contributed by atoms with Crippen molar-refractivity contribution >= 4 is 18.3 Å². The van der Waals surface area contributed by atoms with Gasteiger partial charge in [-0.25, -0.2) is 0 Å². The molecule has 8 heteroatoms. The third-order valence-corrected chi connectivity index (χ3v) is 4.84. The zero-order chi connectivity index (χ0) is 19.9. The first-order valence-electron chi connectivity index (χ1n) is 9.25. The summed E-state index contributed by atoms with van der Waals surface area (Å²) in [7, 11) is 1.63. The van der Waals surface area contributed by atoms with Gasteiger partial charge in [0.1, 0.15) is 11.5 Å². The smallest absolute Gasteiger partial charge is 0.387 e. The second-order valence-corrected chi connectivity index (χ2v) is 6.57. The lowest BCUT2D eigenvalue weighted by Gasteiger charge is -2.37. The monoisotopic (exact) mass is 426 g/mol. The van der Waals surface area contributed by atoms with Crippen molar-refractivity contribution in [1.29, 1.82) is 0 Å². The quantitative estimate of drug-likeness (QED) is 0.731. The molecule has 0 radical (unpaired) electrons. The fraction of sp³-hybridized carbons (Fsp3) is 0.381. The zero-order valence-corrected chi connectivity index (χ0v) is 17.0. The van der Waals surface area contributed by atoms with Crippen LogP contribution in [0.1, 0.15) is 23.6 Å². The van der Waals surface area contributed by atoms with E-state index in [1.54, 1.807) is 19.2 Å². The maximum absolute atomic E-state index is 12.9. The standard InChI is InChI=1S/C21H24F2N2O3.ClH/c1-27-19-5-3-2-4-17(19)18-14-24-12-13-25(18)20(26)11-8-15-6-9-16(10-7-15)28-21(22)23;/h2-7,9-10,18,21,24H,8,11-14H2,1H3;1H. The number of halogens is 3. The summed E-state index contributed by atoms with van der Waals surface area (Å²) in [6.45, 7) is -0.794. The molecule has 0 bridgehead atoms. The van der Waals surface area contributed by atoms with Crippen molar-refractivity contribution in [2.75, 3.05) is 26.7 Å². The molecule has 1 fully saturated rings. The average molecular weight is 427 g/mol. The van der Waals surface area contributed by atoms with Gasteiger partial charge < -0.3 is 19.7 Å². The number of ether oxygens (including phenoxy) is 2. The number of piperazine rings is 1. The Bertz CT molecular complexity index is 790. The lowest BCUT2D eigenvalue weighted by Crippen LogP contribution is -2.48. The van der Waals surface area contributed by atoms with Crippen LogP contribution in [0.4, 0.5) is 8.78 Å². The van der Waals surface area contributed by atoms with Crippen molar-refractivity contribution in [3.05, 3.63) is 59.7 Å². The molecule has 0 aliphatic carbocycles. The minimum Gasteiger partial charge on any atom is -0.496 e. The molecule has 2 aromatic carbocycles. The number of amides is 1. The molecule has 158 valence electrons. The Morgan fingerprint density at radius 2 is 1.93 bits per heavy atom. The van der Waals surface area contributed by atoms with Crippen LogP contribution in [0.25, 0.3) is 0 Å². The highest BCUT2D eigenvalue weighted by Gasteiger charge is 2.29. The highest BCUT2D eigenvalue weighted by Crippen LogP contribution is 2.30. The van der Waals surface area contributed by atoms with E-state index in [0.29, 0.717) is 25.9 Å². The highest BCUT2D eigenvalue weighted by molar-refractivity contribution is 5.85. The van der Waals surface area contributed by atoms with Crippen LogP contribution in [-0.2, 0) is 11.2 Å². The summed E-state index contributed by atoms with van der Waals surface area (Å²) >= 11 is 0. The summed E-state index contributed by atoms with van der Waals surface area (Å²) in [5, 5.41) is 3.34. The third kappa shape index (κ3) is 6.05. The molecule has 1 saturated heterocycles. The summed E-state index contributed by atoms with van der Waals surface area (Å²) in [4.78, 5) is 14.8. The summed E-state index contributed by atoms with van der Waals surface area (Å²) in [6, 6.07) is 14.1. The molecule has 1 aliphatic heterocycles. The van der Waals surface area contributed by atoms with Crippen LogP contribution >= 0.6 is 12.4 Å². The molecular weight excluding hydrogens is 402 g/mol. The number of aryl methyl sites for hydroxylation is 1. The summed E-state index contributed by atoms with van der Waals surface area (Å²) in [5.41, 5.74) is 1.89. The molecule has 0 spiro atoms. The van der Waals surface area contributed by atoms with Crippen LogP contribution in [0.2, 0.25) is 0 Å². The normalized spacial score (nSPS) is 16.3. The van der Waals surface area contributed by atoms with Crippen molar-refractivity contribution in [3.8, 4) is 11.5 Å². The molecule has 0 saturated carbocycles. The van der Waals surface area contributed by atoms with Crippen LogP contribution in [0.5, 0.6) is 11.5 Å². The van der Waals surface area contributed by atoms with E-state index >= 15 is 0 Å². The van der Waals surface area contributed by atoms with Crippen molar-refractivity contribution in [2.24, 2.45) is 0 Å². The number of para-hydroxylation sites is 1. The maximum Gasteiger partial charge on any atom is 0.387 e. The fourth-order valence-corrected chi connectivity index (χ4v) is 3.45. The molecule has 1 unspecified atom stereocenters. The Labute approximate surface area is 175 Å². The van der Waals surface area contributed by atoms with Crippen molar-refractivity contribution < 1.29 is 23.0 Å². The number of benzene rings is 2. The summed E-state index contributed by atoms with van der Waals surface area (Å²) < 4.78 is 34.3. The van der Waals surface area contributed by atoms with Crippen LogP contribution in [0, 0.1) is 0 Å². The summed E-state index contributed by atoms with van der Waals surface area (Å²) in [5.74, 6) is 0.942. The molecule has 3 rings (SSSR count). The second kappa shape index (κ2) is 11.0. The zero-order valence-electron chi connectivity index (χ0n) is 16.1. The number of nitrogens with zero attached hydrogens (tertiary/aromatic N) is 1. The van der Waals surface area contributed by atoms with Gasteiger partial charge in [-0.05, 0) is 30.2 Å². The van der Waals surface area contributed by atoms with E-state index in [-0.39, 0.29) is 30.1 Å². The SMILES string of the molecule is COc1ccccc1C1CNCCN1C(=O)CCc1ccc(OC(F)F)cc1.Cl. The Hall–Kier alpha value is -2.38. The lowest BCUT2D eigenvalue weighted by molar-refractivity contribution is -0.134. The van der Waals surface area contributed by atoms with Crippen LogP contribution in [0.15, 0.2) is 48.5 Å². The number of hydrogen-bond acceptors (Lipinski definition) is 4.